The van der Waals surface area contributed by atoms with Crippen LogP contribution >= 0.6 is 0 Å². The number of esters is 1. The summed E-state index contributed by atoms with van der Waals surface area (Å²) >= 11 is 0. The van der Waals surface area contributed by atoms with Crippen LogP contribution in [0.5, 0.6) is 5.75 Å². The molecule has 1 aromatic carbocycles. The van der Waals surface area contributed by atoms with Crippen LogP contribution in [0, 0.1) is 5.92 Å². The van der Waals surface area contributed by atoms with Crippen LogP contribution in [0.4, 0.5) is 0 Å². The molecule has 4 nitrogen and oxygen atoms in total. The minimum absolute atomic E-state index is 0.197. The molecule has 0 amide bonds. The third-order valence-electron chi connectivity index (χ3n) is 3.49. The minimum Gasteiger partial charge on any atom is -0.497 e. The Labute approximate surface area is 113 Å². The first-order valence-corrected chi connectivity index (χ1v) is 6.11. The molecule has 1 fully saturated rings. The van der Waals surface area contributed by atoms with Gasteiger partial charge in [0.2, 0.25) is 0 Å². The van der Waals surface area contributed by atoms with E-state index >= 15 is 0 Å². The van der Waals surface area contributed by atoms with Crippen molar-refractivity contribution in [2.24, 2.45) is 5.92 Å². The zero-order valence-corrected chi connectivity index (χ0v) is 11.4. The van der Waals surface area contributed by atoms with Gasteiger partial charge in [-0.1, -0.05) is 24.3 Å². The summed E-state index contributed by atoms with van der Waals surface area (Å²) in [5.74, 6) is 0.399. The lowest BCUT2D eigenvalue weighted by Gasteiger charge is -2.09. The lowest BCUT2D eigenvalue weighted by Crippen LogP contribution is -2.17. The SMILES string of the molecule is COC(=O)[C@@H]1C[C@@]1(/C=C/c1ccc(OC)cc1)OC. The smallest absolute Gasteiger partial charge is 0.312 e. The molecule has 0 aromatic heterocycles. The van der Waals surface area contributed by atoms with Crippen molar-refractivity contribution in [3.8, 4) is 5.75 Å². The minimum atomic E-state index is -0.507. The standard InChI is InChI=1S/C15H18O4/c1-17-12-6-4-11(5-7-12)8-9-15(19-3)10-13(15)14(16)18-2/h4-9,13H,10H2,1-3H3/b9-8+/t13-,15+/m0/s1. The van der Waals surface area contributed by atoms with E-state index in [-0.39, 0.29) is 11.9 Å². The van der Waals surface area contributed by atoms with Crippen LogP contribution in [0.3, 0.4) is 0 Å². The fourth-order valence-corrected chi connectivity index (χ4v) is 2.12. The maximum atomic E-state index is 11.5. The van der Waals surface area contributed by atoms with Gasteiger partial charge in [-0.2, -0.15) is 0 Å². The Morgan fingerprint density at radius 3 is 2.47 bits per heavy atom. The molecule has 0 unspecified atom stereocenters. The third kappa shape index (κ3) is 2.79. The zero-order valence-electron chi connectivity index (χ0n) is 11.4. The van der Waals surface area contributed by atoms with E-state index in [4.69, 9.17) is 14.2 Å². The van der Waals surface area contributed by atoms with Crippen molar-refractivity contribution in [1.82, 2.24) is 0 Å². The molecule has 1 saturated carbocycles. The summed E-state index contributed by atoms with van der Waals surface area (Å²) in [5.41, 5.74) is 0.528. The molecular weight excluding hydrogens is 244 g/mol. The summed E-state index contributed by atoms with van der Waals surface area (Å²) in [6.45, 7) is 0. The Morgan fingerprint density at radius 1 is 1.26 bits per heavy atom. The molecule has 102 valence electrons. The van der Waals surface area contributed by atoms with E-state index in [2.05, 4.69) is 0 Å². The molecule has 1 aliphatic rings. The number of carbonyl (C=O) groups is 1. The highest BCUT2D eigenvalue weighted by Gasteiger charge is 2.58. The van der Waals surface area contributed by atoms with Crippen LogP contribution in [0.25, 0.3) is 6.08 Å². The number of ether oxygens (including phenoxy) is 3. The molecule has 0 aliphatic heterocycles. The summed E-state index contributed by atoms with van der Waals surface area (Å²) in [5, 5.41) is 0. The Kier molecular flexibility index (Phi) is 3.90. The normalized spacial score (nSPS) is 25.3. The lowest BCUT2D eigenvalue weighted by molar-refractivity contribution is -0.143. The van der Waals surface area contributed by atoms with Gasteiger partial charge in [0.25, 0.3) is 0 Å². The van der Waals surface area contributed by atoms with E-state index in [1.165, 1.54) is 7.11 Å². The maximum Gasteiger partial charge on any atom is 0.312 e. The summed E-state index contributed by atoms with van der Waals surface area (Å²) in [6.07, 6.45) is 4.55. The number of methoxy groups -OCH3 is 3. The van der Waals surface area contributed by atoms with Gasteiger partial charge in [-0.25, -0.2) is 0 Å². The van der Waals surface area contributed by atoms with E-state index in [9.17, 15) is 4.79 Å². The second-order valence-corrected chi connectivity index (χ2v) is 4.55. The fourth-order valence-electron chi connectivity index (χ4n) is 2.12. The van der Waals surface area contributed by atoms with Gasteiger partial charge in [-0.15, -0.1) is 0 Å². The van der Waals surface area contributed by atoms with Crippen molar-refractivity contribution in [3.63, 3.8) is 0 Å². The number of hydrogen-bond donors (Lipinski definition) is 0. The van der Waals surface area contributed by atoms with E-state index in [1.54, 1.807) is 14.2 Å². The van der Waals surface area contributed by atoms with E-state index in [0.717, 1.165) is 11.3 Å². The first-order valence-electron chi connectivity index (χ1n) is 6.11. The Hall–Kier alpha value is -1.81. The van der Waals surface area contributed by atoms with Gasteiger partial charge in [0, 0.05) is 7.11 Å². The number of rotatable bonds is 5. The zero-order chi connectivity index (χ0) is 13.9. The van der Waals surface area contributed by atoms with Crippen molar-refractivity contribution in [1.29, 1.82) is 0 Å². The van der Waals surface area contributed by atoms with Crippen LogP contribution in [0.1, 0.15) is 12.0 Å². The largest absolute Gasteiger partial charge is 0.497 e. The van der Waals surface area contributed by atoms with Gasteiger partial charge in [-0.05, 0) is 24.1 Å². The Morgan fingerprint density at radius 2 is 1.95 bits per heavy atom. The number of carbonyl (C=O) groups excluding carboxylic acids is 1. The van der Waals surface area contributed by atoms with Crippen LogP contribution in [-0.4, -0.2) is 32.9 Å². The first kappa shape index (κ1) is 13.6. The van der Waals surface area contributed by atoms with Gasteiger partial charge in [0.1, 0.15) is 11.4 Å². The van der Waals surface area contributed by atoms with Gasteiger partial charge in [0.05, 0.1) is 20.1 Å². The Balaban J connectivity index is 2.06. The quantitative estimate of drug-likeness (QED) is 0.764. The van der Waals surface area contributed by atoms with Gasteiger partial charge in [0.15, 0.2) is 0 Å². The van der Waals surface area contributed by atoms with E-state index < -0.39 is 5.60 Å². The van der Waals surface area contributed by atoms with Crippen molar-refractivity contribution >= 4 is 12.0 Å². The molecule has 2 atom stereocenters. The highest BCUT2D eigenvalue weighted by molar-refractivity contribution is 5.79. The summed E-state index contributed by atoms with van der Waals surface area (Å²) < 4.78 is 15.3. The van der Waals surface area contributed by atoms with Crippen molar-refractivity contribution in [2.75, 3.05) is 21.3 Å². The molecule has 0 radical (unpaired) electrons. The summed E-state index contributed by atoms with van der Waals surface area (Å²) in [4.78, 5) is 11.5. The molecule has 1 aromatic rings. The molecule has 0 spiro atoms. The molecule has 0 N–H and O–H groups in total. The van der Waals surface area contributed by atoms with Crippen molar-refractivity contribution in [2.45, 2.75) is 12.0 Å². The van der Waals surface area contributed by atoms with Gasteiger partial charge in [-0.3, -0.25) is 4.79 Å². The fraction of sp³-hybridized carbons (Fsp3) is 0.400. The van der Waals surface area contributed by atoms with Crippen LogP contribution in [0.2, 0.25) is 0 Å². The molecule has 0 saturated heterocycles. The predicted octanol–water partition coefficient (Wildman–Crippen LogP) is 2.29. The van der Waals surface area contributed by atoms with E-state index in [0.29, 0.717) is 6.42 Å². The molecular formula is C15H18O4. The second-order valence-electron chi connectivity index (χ2n) is 4.55. The highest BCUT2D eigenvalue weighted by atomic mass is 16.5. The van der Waals surface area contributed by atoms with Crippen LogP contribution < -0.4 is 4.74 Å². The Bertz CT molecular complexity index is 477. The summed E-state index contributed by atoms with van der Waals surface area (Å²) in [7, 11) is 4.64. The molecule has 4 heteroatoms. The summed E-state index contributed by atoms with van der Waals surface area (Å²) in [6, 6.07) is 7.69. The van der Waals surface area contributed by atoms with Crippen molar-refractivity contribution in [3.05, 3.63) is 35.9 Å². The lowest BCUT2D eigenvalue weighted by atomic mass is 10.1. The number of benzene rings is 1. The maximum absolute atomic E-state index is 11.5. The molecule has 2 rings (SSSR count). The van der Waals surface area contributed by atoms with Crippen molar-refractivity contribution < 1.29 is 19.0 Å². The average Bonchev–Trinajstić information content (AvgIpc) is 3.20. The number of hydrogen-bond acceptors (Lipinski definition) is 4. The molecule has 0 bridgehead atoms. The van der Waals surface area contributed by atoms with E-state index in [1.807, 2.05) is 36.4 Å². The monoisotopic (exact) mass is 262 g/mol. The average molecular weight is 262 g/mol. The topological polar surface area (TPSA) is 44.8 Å². The van der Waals surface area contributed by atoms with Crippen LogP contribution in [-0.2, 0) is 14.3 Å². The molecule has 1 aliphatic carbocycles. The van der Waals surface area contributed by atoms with Crippen LogP contribution in [0.15, 0.2) is 30.3 Å². The molecule has 19 heavy (non-hydrogen) atoms. The second kappa shape index (κ2) is 5.45. The van der Waals surface area contributed by atoms with Gasteiger partial charge < -0.3 is 14.2 Å². The highest BCUT2D eigenvalue weighted by Crippen LogP contribution is 2.48. The molecule has 0 heterocycles. The predicted molar refractivity (Wildman–Crippen MR) is 71.9 cm³/mol. The van der Waals surface area contributed by atoms with Gasteiger partial charge >= 0.3 is 5.97 Å². The first-order chi connectivity index (χ1) is 9.15. The third-order valence-corrected chi connectivity index (χ3v) is 3.49.